The molecule has 1 fully saturated rings. The second-order valence-corrected chi connectivity index (χ2v) is 5.06. The lowest BCUT2D eigenvalue weighted by Crippen LogP contribution is -2.50. The predicted octanol–water partition coefficient (Wildman–Crippen LogP) is 0.986. The quantitative estimate of drug-likeness (QED) is 0.786. The molecule has 2 rings (SSSR count). The van der Waals surface area contributed by atoms with Crippen LogP contribution in [0.25, 0.3) is 0 Å². The number of anilines is 1. The predicted molar refractivity (Wildman–Crippen MR) is 59.3 cm³/mol. The van der Waals surface area contributed by atoms with Gasteiger partial charge in [-0.05, 0) is 20.8 Å². The Balaban J connectivity index is 1.85. The van der Waals surface area contributed by atoms with Crippen LogP contribution in [0.2, 0.25) is 0 Å². The zero-order chi connectivity index (χ0) is 12.6. The Labute approximate surface area is 98.9 Å². The molecule has 0 radical (unpaired) electrons. The summed E-state index contributed by atoms with van der Waals surface area (Å²) in [6, 6.07) is 0.0516. The highest BCUT2D eigenvalue weighted by atomic mass is 16.6. The number of ether oxygens (including phenoxy) is 1. The number of nitrogen functional groups attached to an aromatic ring is 1. The minimum atomic E-state index is -0.475. The van der Waals surface area contributed by atoms with Crippen LogP contribution in [0.15, 0.2) is 4.42 Å². The first-order chi connectivity index (χ1) is 7.85. The van der Waals surface area contributed by atoms with Gasteiger partial charge in [-0.3, -0.25) is 0 Å². The van der Waals surface area contributed by atoms with Crippen molar-refractivity contribution in [2.75, 3.05) is 18.8 Å². The molecule has 1 aromatic heterocycles. The molecule has 0 unspecified atom stereocenters. The lowest BCUT2D eigenvalue weighted by atomic mass is 10.0. The van der Waals surface area contributed by atoms with Gasteiger partial charge in [-0.25, -0.2) is 4.79 Å². The number of rotatable bonds is 1. The van der Waals surface area contributed by atoms with Crippen LogP contribution >= 0.6 is 0 Å². The second kappa shape index (κ2) is 3.90. The molecule has 17 heavy (non-hydrogen) atoms. The molecule has 0 bridgehead atoms. The van der Waals surface area contributed by atoms with Gasteiger partial charge in [0.05, 0.1) is 5.92 Å². The van der Waals surface area contributed by atoms with Gasteiger partial charge in [0.1, 0.15) is 5.60 Å². The van der Waals surface area contributed by atoms with E-state index in [2.05, 4.69) is 10.2 Å². The number of likely N-dealkylation sites (tertiary alicyclic amines) is 1. The lowest BCUT2D eigenvalue weighted by molar-refractivity contribution is 0.00612. The van der Waals surface area contributed by atoms with Crippen LogP contribution in [-0.4, -0.2) is 39.9 Å². The molecular weight excluding hydrogens is 224 g/mol. The summed E-state index contributed by atoms with van der Waals surface area (Å²) in [5.74, 6) is 0.537. The van der Waals surface area contributed by atoms with E-state index >= 15 is 0 Å². The number of hydrogen-bond donors (Lipinski definition) is 1. The molecular formula is C10H16N4O3. The highest BCUT2D eigenvalue weighted by Crippen LogP contribution is 2.27. The molecule has 7 heteroatoms. The minimum absolute atomic E-state index is 0.0516. The van der Waals surface area contributed by atoms with E-state index in [1.165, 1.54) is 0 Å². The van der Waals surface area contributed by atoms with Crippen molar-refractivity contribution in [2.24, 2.45) is 0 Å². The van der Waals surface area contributed by atoms with Gasteiger partial charge in [0.25, 0.3) is 0 Å². The summed E-state index contributed by atoms with van der Waals surface area (Å²) in [6.07, 6.45) is -0.318. The van der Waals surface area contributed by atoms with Crippen molar-refractivity contribution in [3.63, 3.8) is 0 Å². The zero-order valence-corrected chi connectivity index (χ0v) is 10.1. The van der Waals surface area contributed by atoms with Crippen LogP contribution in [0, 0.1) is 0 Å². The summed E-state index contributed by atoms with van der Waals surface area (Å²) < 4.78 is 10.3. The summed E-state index contributed by atoms with van der Waals surface area (Å²) in [7, 11) is 0. The highest BCUT2D eigenvalue weighted by molar-refractivity contribution is 5.69. The number of nitrogens with two attached hydrogens (primary N) is 1. The van der Waals surface area contributed by atoms with Crippen molar-refractivity contribution in [1.29, 1.82) is 0 Å². The largest absolute Gasteiger partial charge is 0.444 e. The molecule has 94 valence electrons. The molecule has 0 aliphatic carbocycles. The average Bonchev–Trinajstić information content (AvgIpc) is 2.45. The van der Waals surface area contributed by atoms with Crippen LogP contribution in [0.5, 0.6) is 0 Å². The third kappa shape index (κ3) is 2.66. The average molecular weight is 240 g/mol. The van der Waals surface area contributed by atoms with E-state index in [0.717, 1.165) is 0 Å². The Bertz CT molecular complexity index is 417. The molecule has 0 aromatic carbocycles. The summed E-state index contributed by atoms with van der Waals surface area (Å²) in [5.41, 5.74) is 4.85. The molecule has 1 aromatic rings. The number of aromatic nitrogens is 2. The first-order valence-electron chi connectivity index (χ1n) is 5.42. The maximum absolute atomic E-state index is 11.6. The van der Waals surface area contributed by atoms with Gasteiger partial charge in [-0.15, -0.1) is 5.10 Å². The van der Waals surface area contributed by atoms with E-state index in [1.54, 1.807) is 4.90 Å². The number of amides is 1. The van der Waals surface area contributed by atoms with E-state index in [9.17, 15) is 4.79 Å². The summed E-state index contributed by atoms with van der Waals surface area (Å²) >= 11 is 0. The fraction of sp³-hybridized carbons (Fsp3) is 0.700. The van der Waals surface area contributed by atoms with Crippen LogP contribution in [0.3, 0.4) is 0 Å². The van der Waals surface area contributed by atoms with Crippen molar-refractivity contribution in [1.82, 2.24) is 15.1 Å². The van der Waals surface area contributed by atoms with Gasteiger partial charge in [0.2, 0.25) is 5.89 Å². The van der Waals surface area contributed by atoms with Crippen molar-refractivity contribution >= 4 is 12.1 Å². The van der Waals surface area contributed by atoms with Gasteiger partial charge < -0.3 is 19.8 Å². The normalized spacial score (nSPS) is 16.8. The molecule has 0 saturated carbocycles. The lowest BCUT2D eigenvalue weighted by Gasteiger charge is -2.37. The van der Waals surface area contributed by atoms with Crippen molar-refractivity contribution in [2.45, 2.75) is 32.3 Å². The maximum Gasteiger partial charge on any atom is 0.410 e. The SMILES string of the molecule is CC(C)(C)OC(=O)N1CC(c2nnc(N)o2)C1. The Kier molecular flexibility index (Phi) is 2.68. The summed E-state index contributed by atoms with van der Waals surface area (Å²) in [5, 5.41) is 7.36. The topological polar surface area (TPSA) is 94.5 Å². The Morgan fingerprint density at radius 1 is 1.47 bits per heavy atom. The molecule has 7 nitrogen and oxygen atoms in total. The van der Waals surface area contributed by atoms with Crippen LogP contribution in [-0.2, 0) is 4.74 Å². The smallest absolute Gasteiger partial charge is 0.410 e. The van der Waals surface area contributed by atoms with Gasteiger partial charge in [-0.1, -0.05) is 5.10 Å². The van der Waals surface area contributed by atoms with Gasteiger partial charge in [0.15, 0.2) is 0 Å². The van der Waals surface area contributed by atoms with Crippen molar-refractivity contribution in [3.05, 3.63) is 5.89 Å². The number of nitrogens with zero attached hydrogens (tertiary/aromatic N) is 3. The second-order valence-electron chi connectivity index (χ2n) is 5.06. The standard InChI is InChI=1S/C10H16N4O3/c1-10(2,3)17-9(15)14-4-6(5-14)7-12-13-8(11)16-7/h6H,4-5H2,1-3H3,(H2,11,13). The molecule has 1 aliphatic rings. The molecule has 1 aliphatic heterocycles. The molecule has 2 N–H and O–H groups in total. The Morgan fingerprint density at radius 3 is 2.59 bits per heavy atom. The van der Waals surface area contributed by atoms with Crippen molar-refractivity contribution < 1.29 is 13.9 Å². The van der Waals surface area contributed by atoms with E-state index in [4.69, 9.17) is 14.9 Å². The third-order valence-corrected chi connectivity index (χ3v) is 2.34. The monoisotopic (exact) mass is 240 g/mol. The fourth-order valence-corrected chi connectivity index (χ4v) is 1.52. The van der Waals surface area contributed by atoms with Gasteiger partial charge >= 0.3 is 12.1 Å². The fourth-order valence-electron chi connectivity index (χ4n) is 1.52. The van der Waals surface area contributed by atoms with Crippen molar-refractivity contribution in [3.8, 4) is 0 Å². The number of hydrogen-bond acceptors (Lipinski definition) is 6. The molecule has 0 spiro atoms. The van der Waals surface area contributed by atoms with Crippen LogP contribution in [0.4, 0.5) is 10.8 Å². The molecule has 0 atom stereocenters. The van der Waals surface area contributed by atoms with E-state index in [1.807, 2.05) is 20.8 Å². The van der Waals surface area contributed by atoms with Gasteiger partial charge in [0, 0.05) is 13.1 Å². The Hall–Kier alpha value is -1.79. The first-order valence-corrected chi connectivity index (χ1v) is 5.42. The zero-order valence-electron chi connectivity index (χ0n) is 10.1. The number of carbonyl (C=O) groups excluding carboxylic acids is 1. The van der Waals surface area contributed by atoms with Crippen LogP contribution < -0.4 is 5.73 Å². The maximum atomic E-state index is 11.6. The first kappa shape index (κ1) is 11.7. The minimum Gasteiger partial charge on any atom is -0.444 e. The number of carbonyl (C=O) groups is 1. The van der Waals surface area contributed by atoms with E-state index in [0.29, 0.717) is 19.0 Å². The van der Waals surface area contributed by atoms with E-state index in [-0.39, 0.29) is 18.0 Å². The van der Waals surface area contributed by atoms with Crippen LogP contribution in [0.1, 0.15) is 32.6 Å². The van der Waals surface area contributed by atoms with E-state index < -0.39 is 5.60 Å². The summed E-state index contributed by atoms with van der Waals surface area (Å²) in [6.45, 7) is 6.55. The molecule has 1 amide bonds. The Morgan fingerprint density at radius 2 is 2.12 bits per heavy atom. The van der Waals surface area contributed by atoms with Gasteiger partial charge in [-0.2, -0.15) is 0 Å². The highest BCUT2D eigenvalue weighted by Gasteiger charge is 2.37. The molecule has 2 heterocycles. The summed E-state index contributed by atoms with van der Waals surface area (Å²) in [4.78, 5) is 13.2. The third-order valence-electron chi connectivity index (χ3n) is 2.34. The molecule has 1 saturated heterocycles.